The first-order valence-corrected chi connectivity index (χ1v) is 6.86. The van der Waals surface area contributed by atoms with Gasteiger partial charge in [-0.1, -0.05) is 0 Å². The highest BCUT2D eigenvalue weighted by molar-refractivity contribution is 5.78. The average molecular weight is 256 g/mol. The van der Waals surface area contributed by atoms with E-state index in [0.717, 1.165) is 32.4 Å². The molecule has 104 valence electrons. The minimum absolute atomic E-state index is 0.0717. The summed E-state index contributed by atoms with van der Waals surface area (Å²) in [5, 5.41) is 2.87. The average Bonchev–Trinajstić information content (AvgIpc) is 2.76. The molecule has 0 unspecified atom stereocenters. The van der Waals surface area contributed by atoms with Crippen LogP contribution >= 0.6 is 0 Å². The van der Waals surface area contributed by atoms with Gasteiger partial charge in [0.2, 0.25) is 11.8 Å². The van der Waals surface area contributed by atoms with E-state index in [9.17, 15) is 9.59 Å². The molecule has 2 amide bonds. The van der Waals surface area contributed by atoms with Gasteiger partial charge in [0.05, 0.1) is 0 Å². The Morgan fingerprint density at radius 2 is 2.28 bits per heavy atom. The quantitative estimate of drug-likeness (QED) is 0.624. The van der Waals surface area contributed by atoms with E-state index in [4.69, 9.17) is 4.74 Å². The molecule has 0 radical (unpaired) electrons. The first-order valence-electron chi connectivity index (χ1n) is 6.86. The van der Waals surface area contributed by atoms with Crippen molar-refractivity contribution < 1.29 is 14.3 Å². The number of hydrogen-bond donors (Lipinski definition) is 1. The lowest BCUT2D eigenvalue weighted by Crippen LogP contribution is -2.30. The van der Waals surface area contributed by atoms with Gasteiger partial charge in [0, 0.05) is 45.7 Å². The fraction of sp³-hybridized carbons (Fsp3) is 0.846. The first-order chi connectivity index (χ1) is 8.74. The summed E-state index contributed by atoms with van der Waals surface area (Å²) in [6.45, 7) is 5.58. The molecule has 18 heavy (non-hydrogen) atoms. The summed E-state index contributed by atoms with van der Waals surface area (Å²) in [4.78, 5) is 24.6. The fourth-order valence-electron chi connectivity index (χ4n) is 2.01. The van der Waals surface area contributed by atoms with Crippen LogP contribution in [0.25, 0.3) is 0 Å². The van der Waals surface area contributed by atoms with E-state index in [1.165, 1.54) is 0 Å². The van der Waals surface area contributed by atoms with Crippen LogP contribution in [0.3, 0.4) is 0 Å². The predicted octanol–water partition coefficient (Wildman–Crippen LogP) is 0.932. The second-order valence-corrected chi connectivity index (χ2v) is 4.49. The van der Waals surface area contributed by atoms with Gasteiger partial charge in [-0.05, 0) is 26.2 Å². The van der Waals surface area contributed by atoms with E-state index in [0.29, 0.717) is 32.6 Å². The third-order valence-electron chi connectivity index (χ3n) is 2.99. The van der Waals surface area contributed by atoms with Crippen LogP contribution in [0.2, 0.25) is 0 Å². The van der Waals surface area contributed by atoms with Crippen LogP contribution in [-0.2, 0) is 14.3 Å². The van der Waals surface area contributed by atoms with E-state index in [2.05, 4.69) is 5.32 Å². The molecule has 0 saturated carbocycles. The number of nitrogens with zero attached hydrogens (tertiary/aromatic N) is 1. The summed E-state index contributed by atoms with van der Waals surface area (Å²) in [6.07, 6.45) is 3.78. The Morgan fingerprint density at radius 1 is 1.44 bits per heavy atom. The van der Waals surface area contributed by atoms with Crippen LogP contribution in [0.5, 0.6) is 0 Å². The molecule has 0 aliphatic carbocycles. The first kappa shape index (κ1) is 15.0. The summed E-state index contributed by atoms with van der Waals surface area (Å²) in [5.74, 6) is 0.320. The number of likely N-dealkylation sites (tertiary alicyclic amines) is 1. The van der Waals surface area contributed by atoms with Crippen molar-refractivity contribution >= 4 is 11.8 Å². The van der Waals surface area contributed by atoms with Crippen LogP contribution in [0.15, 0.2) is 0 Å². The molecule has 0 aromatic carbocycles. The third kappa shape index (κ3) is 6.00. The molecule has 0 aromatic heterocycles. The Kier molecular flexibility index (Phi) is 7.41. The molecule has 0 atom stereocenters. The lowest BCUT2D eigenvalue weighted by Gasteiger charge is -2.15. The molecular formula is C13H24N2O3. The zero-order valence-corrected chi connectivity index (χ0v) is 11.2. The molecule has 1 N–H and O–H groups in total. The van der Waals surface area contributed by atoms with E-state index in [1.54, 1.807) is 0 Å². The highest BCUT2D eigenvalue weighted by Crippen LogP contribution is 2.09. The number of carbonyl (C=O) groups excluding carboxylic acids is 2. The van der Waals surface area contributed by atoms with Gasteiger partial charge in [-0.2, -0.15) is 0 Å². The summed E-state index contributed by atoms with van der Waals surface area (Å²) >= 11 is 0. The maximum Gasteiger partial charge on any atom is 0.222 e. The Labute approximate surface area is 109 Å². The molecule has 0 aromatic rings. The van der Waals surface area contributed by atoms with Gasteiger partial charge in [0.25, 0.3) is 0 Å². The second-order valence-electron chi connectivity index (χ2n) is 4.49. The lowest BCUT2D eigenvalue weighted by molar-refractivity contribution is -0.127. The predicted molar refractivity (Wildman–Crippen MR) is 69.2 cm³/mol. The number of ether oxygens (including phenoxy) is 1. The Morgan fingerprint density at radius 3 is 2.94 bits per heavy atom. The second kappa shape index (κ2) is 8.91. The molecule has 1 aliphatic heterocycles. The maximum atomic E-state index is 11.4. The van der Waals surface area contributed by atoms with Gasteiger partial charge in [0.1, 0.15) is 0 Å². The normalized spacial score (nSPS) is 15.2. The van der Waals surface area contributed by atoms with Gasteiger partial charge in [-0.15, -0.1) is 0 Å². The number of hydrogen-bond acceptors (Lipinski definition) is 3. The standard InChI is InChI=1S/C13H24N2O3/c1-2-18-11-4-6-12(16)14-8-5-10-15-9-3-7-13(15)17/h2-11H2,1H3,(H,14,16). The van der Waals surface area contributed by atoms with Crippen LogP contribution in [0.4, 0.5) is 0 Å². The van der Waals surface area contributed by atoms with Gasteiger partial charge >= 0.3 is 0 Å². The van der Waals surface area contributed by atoms with Crippen molar-refractivity contribution in [2.24, 2.45) is 0 Å². The number of nitrogens with one attached hydrogen (secondary N) is 1. The van der Waals surface area contributed by atoms with Gasteiger partial charge in [-0.25, -0.2) is 0 Å². The molecule has 5 nitrogen and oxygen atoms in total. The Balaban J connectivity index is 1.93. The van der Waals surface area contributed by atoms with Crippen molar-refractivity contribution in [2.75, 3.05) is 32.8 Å². The van der Waals surface area contributed by atoms with E-state index >= 15 is 0 Å². The van der Waals surface area contributed by atoms with E-state index in [-0.39, 0.29) is 11.8 Å². The largest absolute Gasteiger partial charge is 0.382 e. The van der Waals surface area contributed by atoms with E-state index in [1.807, 2.05) is 11.8 Å². The van der Waals surface area contributed by atoms with Crippen molar-refractivity contribution in [1.82, 2.24) is 10.2 Å². The molecule has 1 fully saturated rings. The minimum Gasteiger partial charge on any atom is -0.382 e. The topological polar surface area (TPSA) is 58.6 Å². The number of rotatable bonds is 9. The smallest absolute Gasteiger partial charge is 0.222 e. The highest BCUT2D eigenvalue weighted by atomic mass is 16.5. The summed E-state index contributed by atoms with van der Waals surface area (Å²) in [6, 6.07) is 0. The molecule has 0 bridgehead atoms. The lowest BCUT2D eigenvalue weighted by atomic mass is 10.3. The van der Waals surface area contributed by atoms with Gasteiger partial charge < -0.3 is 15.0 Å². The molecule has 1 rings (SSSR count). The summed E-state index contributed by atoms with van der Waals surface area (Å²) < 4.78 is 5.16. The molecule has 0 spiro atoms. The monoisotopic (exact) mass is 256 g/mol. The Hall–Kier alpha value is -1.10. The van der Waals surface area contributed by atoms with Gasteiger partial charge in [-0.3, -0.25) is 9.59 Å². The zero-order chi connectivity index (χ0) is 13.2. The molecule has 1 saturated heterocycles. The van der Waals surface area contributed by atoms with Crippen LogP contribution < -0.4 is 5.32 Å². The van der Waals surface area contributed by atoms with Gasteiger partial charge in [0.15, 0.2) is 0 Å². The third-order valence-corrected chi connectivity index (χ3v) is 2.99. The molecular weight excluding hydrogens is 232 g/mol. The zero-order valence-electron chi connectivity index (χ0n) is 11.2. The molecule has 1 heterocycles. The van der Waals surface area contributed by atoms with Crippen molar-refractivity contribution in [3.8, 4) is 0 Å². The number of amides is 2. The van der Waals surface area contributed by atoms with Crippen molar-refractivity contribution in [3.63, 3.8) is 0 Å². The van der Waals surface area contributed by atoms with Crippen LogP contribution in [-0.4, -0.2) is 49.6 Å². The van der Waals surface area contributed by atoms with E-state index < -0.39 is 0 Å². The minimum atomic E-state index is 0.0717. The highest BCUT2D eigenvalue weighted by Gasteiger charge is 2.18. The van der Waals surface area contributed by atoms with Crippen molar-refractivity contribution in [3.05, 3.63) is 0 Å². The fourth-order valence-corrected chi connectivity index (χ4v) is 2.01. The Bertz CT molecular complexity index is 269. The van der Waals surface area contributed by atoms with Crippen molar-refractivity contribution in [2.45, 2.75) is 39.0 Å². The van der Waals surface area contributed by atoms with Crippen LogP contribution in [0.1, 0.15) is 39.0 Å². The summed E-state index contributed by atoms with van der Waals surface area (Å²) in [7, 11) is 0. The van der Waals surface area contributed by atoms with Crippen LogP contribution in [0, 0.1) is 0 Å². The molecule has 1 aliphatic rings. The summed E-state index contributed by atoms with van der Waals surface area (Å²) in [5.41, 5.74) is 0. The maximum absolute atomic E-state index is 11.4. The number of carbonyl (C=O) groups is 2. The van der Waals surface area contributed by atoms with Crippen molar-refractivity contribution in [1.29, 1.82) is 0 Å². The molecule has 5 heteroatoms. The SMILES string of the molecule is CCOCCCC(=O)NCCCN1CCCC1=O.